The van der Waals surface area contributed by atoms with Gasteiger partial charge in [-0.15, -0.1) is 11.3 Å². The van der Waals surface area contributed by atoms with Gasteiger partial charge in [-0.3, -0.25) is 0 Å². The molecule has 0 bridgehead atoms. The number of aryl methyl sites for hydroxylation is 1. The van der Waals surface area contributed by atoms with E-state index in [1.54, 1.807) is 11.3 Å². The van der Waals surface area contributed by atoms with Crippen molar-refractivity contribution in [2.45, 2.75) is 26.5 Å². The van der Waals surface area contributed by atoms with Crippen LogP contribution in [0.15, 0.2) is 30.3 Å². The first-order valence-electron chi connectivity index (χ1n) is 5.91. The van der Waals surface area contributed by atoms with Gasteiger partial charge in [0.2, 0.25) is 0 Å². The monoisotopic (exact) mass is 281 g/mol. The molecular formula is C14H16ClNOS. The Hall–Kier alpha value is -1.03. The molecule has 0 fully saturated rings. The molecule has 18 heavy (non-hydrogen) atoms. The van der Waals surface area contributed by atoms with Gasteiger partial charge in [0.1, 0.15) is 12.4 Å². The Bertz CT molecular complexity index is 524. The zero-order valence-corrected chi connectivity index (χ0v) is 11.9. The summed E-state index contributed by atoms with van der Waals surface area (Å²) in [5.41, 5.74) is 6.62. The van der Waals surface area contributed by atoms with Gasteiger partial charge in [0, 0.05) is 26.9 Å². The van der Waals surface area contributed by atoms with Crippen molar-refractivity contribution >= 4 is 22.9 Å². The van der Waals surface area contributed by atoms with E-state index in [2.05, 4.69) is 19.1 Å². The molecule has 1 heterocycles. The molecule has 2 rings (SSSR count). The molecule has 0 aliphatic rings. The minimum Gasteiger partial charge on any atom is -0.488 e. The van der Waals surface area contributed by atoms with Crippen LogP contribution in [-0.2, 0) is 19.6 Å². The molecule has 0 radical (unpaired) electrons. The minimum absolute atomic E-state index is 0.431. The van der Waals surface area contributed by atoms with E-state index in [1.165, 1.54) is 9.75 Å². The van der Waals surface area contributed by atoms with E-state index < -0.39 is 0 Å². The van der Waals surface area contributed by atoms with Crippen molar-refractivity contribution in [1.82, 2.24) is 0 Å². The van der Waals surface area contributed by atoms with Crippen LogP contribution in [0.2, 0.25) is 5.02 Å². The number of hydrogen-bond donors (Lipinski definition) is 1. The Kier molecular flexibility index (Phi) is 4.64. The molecule has 0 amide bonds. The number of nitrogens with two attached hydrogens (primary N) is 1. The van der Waals surface area contributed by atoms with E-state index >= 15 is 0 Å². The smallest absolute Gasteiger partial charge is 0.124 e. The van der Waals surface area contributed by atoms with Gasteiger partial charge in [0.05, 0.1) is 0 Å². The number of thiophene rings is 1. The number of halogens is 1. The summed E-state index contributed by atoms with van der Waals surface area (Å²) in [6.07, 6.45) is 1.07. The van der Waals surface area contributed by atoms with Crippen LogP contribution in [0.1, 0.15) is 22.2 Å². The highest BCUT2D eigenvalue weighted by molar-refractivity contribution is 7.11. The summed E-state index contributed by atoms with van der Waals surface area (Å²) in [6, 6.07) is 9.81. The van der Waals surface area contributed by atoms with Crippen molar-refractivity contribution in [3.05, 3.63) is 50.7 Å². The third-order valence-electron chi connectivity index (χ3n) is 2.68. The molecule has 0 aliphatic carbocycles. The summed E-state index contributed by atoms with van der Waals surface area (Å²) in [7, 11) is 0. The first kappa shape index (κ1) is 13.4. The molecule has 96 valence electrons. The molecule has 2 N–H and O–H groups in total. The summed E-state index contributed by atoms with van der Waals surface area (Å²) in [5.74, 6) is 0.813. The Balaban J connectivity index is 2.05. The van der Waals surface area contributed by atoms with Crippen molar-refractivity contribution in [1.29, 1.82) is 0 Å². The first-order chi connectivity index (χ1) is 8.72. The molecule has 1 aromatic carbocycles. The molecule has 0 saturated heterocycles. The highest BCUT2D eigenvalue weighted by Crippen LogP contribution is 2.25. The van der Waals surface area contributed by atoms with E-state index in [9.17, 15) is 0 Å². The van der Waals surface area contributed by atoms with Gasteiger partial charge < -0.3 is 10.5 Å². The van der Waals surface area contributed by atoms with Crippen molar-refractivity contribution in [2.24, 2.45) is 5.73 Å². The van der Waals surface area contributed by atoms with Crippen LogP contribution in [0.4, 0.5) is 0 Å². The fourth-order valence-corrected chi connectivity index (χ4v) is 2.75. The Morgan fingerprint density at radius 3 is 2.67 bits per heavy atom. The van der Waals surface area contributed by atoms with Crippen molar-refractivity contribution < 1.29 is 4.74 Å². The molecule has 0 atom stereocenters. The molecule has 2 nitrogen and oxygen atoms in total. The number of benzene rings is 1. The Morgan fingerprint density at radius 1 is 1.22 bits per heavy atom. The van der Waals surface area contributed by atoms with Crippen LogP contribution >= 0.6 is 22.9 Å². The quantitative estimate of drug-likeness (QED) is 0.899. The summed E-state index contributed by atoms with van der Waals surface area (Å²) in [5, 5.41) is 0.687. The number of hydrogen-bond acceptors (Lipinski definition) is 3. The molecule has 0 unspecified atom stereocenters. The second-order valence-electron chi connectivity index (χ2n) is 3.97. The average Bonchev–Trinajstić information content (AvgIpc) is 2.85. The van der Waals surface area contributed by atoms with Crippen LogP contribution in [0.5, 0.6) is 5.75 Å². The molecule has 4 heteroatoms. The molecule has 0 saturated carbocycles. The lowest BCUT2D eigenvalue weighted by Crippen LogP contribution is -2.02. The molecule has 0 spiro atoms. The largest absolute Gasteiger partial charge is 0.488 e. The summed E-state index contributed by atoms with van der Waals surface area (Å²) in [6.45, 7) is 3.17. The summed E-state index contributed by atoms with van der Waals surface area (Å²) in [4.78, 5) is 2.61. The maximum absolute atomic E-state index is 5.93. The highest BCUT2D eigenvalue weighted by Gasteiger charge is 2.05. The predicted octanol–water partition coefficient (Wildman–Crippen LogP) is 4.00. The van der Waals surface area contributed by atoms with Gasteiger partial charge >= 0.3 is 0 Å². The molecule has 0 aliphatic heterocycles. The van der Waals surface area contributed by atoms with Gasteiger partial charge in [0.15, 0.2) is 0 Å². The van der Waals surface area contributed by atoms with Crippen LogP contribution in [0.25, 0.3) is 0 Å². The average molecular weight is 282 g/mol. The topological polar surface area (TPSA) is 35.2 Å². The van der Waals surface area contributed by atoms with Crippen LogP contribution < -0.4 is 10.5 Å². The zero-order valence-electron chi connectivity index (χ0n) is 10.3. The van der Waals surface area contributed by atoms with Gasteiger partial charge in [-0.2, -0.15) is 0 Å². The summed E-state index contributed by atoms with van der Waals surface area (Å²) < 4.78 is 5.80. The SMILES string of the molecule is CCc1ccc(COc2ccc(Cl)cc2CN)s1. The summed E-state index contributed by atoms with van der Waals surface area (Å²) >= 11 is 7.71. The van der Waals surface area contributed by atoms with Crippen LogP contribution in [0.3, 0.4) is 0 Å². The van der Waals surface area contributed by atoms with Crippen LogP contribution in [-0.4, -0.2) is 0 Å². The zero-order chi connectivity index (χ0) is 13.0. The maximum Gasteiger partial charge on any atom is 0.124 e. The van der Waals surface area contributed by atoms with Crippen molar-refractivity contribution in [3.63, 3.8) is 0 Å². The Labute approximate surface area is 116 Å². The predicted molar refractivity (Wildman–Crippen MR) is 77.4 cm³/mol. The molecule has 2 aromatic rings. The fraction of sp³-hybridized carbons (Fsp3) is 0.286. The first-order valence-corrected chi connectivity index (χ1v) is 7.11. The third kappa shape index (κ3) is 3.25. The van der Waals surface area contributed by atoms with E-state index in [-0.39, 0.29) is 0 Å². The third-order valence-corrected chi connectivity index (χ3v) is 4.12. The van der Waals surface area contributed by atoms with Gasteiger partial charge in [-0.1, -0.05) is 18.5 Å². The minimum atomic E-state index is 0.431. The number of ether oxygens (including phenoxy) is 1. The van der Waals surface area contributed by atoms with E-state index in [0.717, 1.165) is 17.7 Å². The lowest BCUT2D eigenvalue weighted by atomic mass is 10.2. The molecular weight excluding hydrogens is 266 g/mol. The molecule has 1 aromatic heterocycles. The second kappa shape index (κ2) is 6.23. The van der Waals surface area contributed by atoms with E-state index in [4.69, 9.17) is 22.1 Å². The normalized spacial score (nSPS) is 10.6. The highest BCUT2D eigenvalue weighted by atomic mass is 35.5. The van der Waals surface area contributed by atoms with E-state index in [1.807, 2.05) is 18.2 Å². The lowest BCUT2D eigenvalue weighted by Gasteiger charge is -2.09. The maximum atomic E-state index is 5.93. The number of rotatable bonds is 5. The van der Waals surface area contributed by atoms with Crippen LogP contribution in [0, 0.1) is 0 Å². The van der Waals surface area contributed by atoms with Gasteiger partial charge in [0.25, 0.3) is 0 Å². The Morgan fingerprint density at radius 2 is 2.00 bits per heavy atom. The van der Waals surface area contributed by atoms with Crippen molar-refractivity contribution in [3.8, 4) is 5.75 Å². The standard InChI is InChI=1S/C14H16ClNOS/c1-2-12-4-5-13(18-12)9-17-14-6-3-11(15)7-10(14)8-16/h3-7H,2,8-9,16H2,1H3. The lowest BCUT2D eigenvalue weighted by molar-refractivity contribution is 0.306. The van der Waals surface area contributed by atoms with Gasteiger partial charge in [-0.05, 0) is 36.8 Å². The second-order valence-corrected chi connectivity index (χ2v) is 5.66. The van der Waals surface area contributed by atoms with E-state index in [0.29, 0.717) is 18.2 Å². The van der Waals surface area contributed by atoms with Gasteiger partial charge in [-0.25, -0.2) is 0 Å². The van der Waals surface area contributed by atoms with Crippen molar-refractivity contribution in [2.75, 3.05) is 0 Å². The fourth-order valence-electron chi connectivity index (χ4n) is 1.69.